The van der Waals surface area contributed by atoms with Crippen LogP contribution >= 0.6 is 0 Å². The van der Waals surface area contributed by atoms with Crippen molar-refractivity contribution in [2.45, 2.75) is 32.4 Å². The van der Waals surface area contributed by atoms with Gasteiger partial charge in [0.2, 0.25) is 5.91 Å². The standard InChI is InChI=1S/C19H21N3O3/c1-12(2)21-18(23)16(22-19(24)17-8-5-9-25-17)10-13-11-20-15-7-4-3-6-14(13)15/h3-9,11-12,16,20H,10H2,1-2H3,(H,21,23)(H,22,24)/t16-/m1/s1. The molecule has 2 aromatic heterocycles. The van der Waals surface area contributed by atoms with Gasteiger partial charge in [-0.15, -0.1) is 0 Å². The van der Waals surface area contributed by atoms with E-state index in [-0.39, 0.29) is 17.7 Å². The molecule has 3 rings (SSSR count). The molecule has 1 atom stereocenters. The smallest absolute Gasteiger partial charge is 0.287 e. The zero-order valence-corrected chi connectivity index (χ0v) is 14.2. The SMILES string of the molecule is CC(C)NC(=O)[C@@H](Cc1c[nH]c2ccccc12)NC(=O)c1ccco1. The van der Waals surface area contributed by atoms with Gasteiger partial charge in [0.25, 0.3) is 5.91 Å². The molecule has 0 aliphatic rings. The third kappa shape index (κ3) is 3.91. The molecule has 0 bridgehead atoms. The molecule has 3 aromatic rings. The maximum absolute atomic E-state index is 12.6. The first-order valence-corrected chi connectivity index (χ1v) is 8.24. The molecule has 2 amide bonds. The van der Waals surface area contributed by atoms with Gasteiger partial charge in [-0.2, -0.15) is 0 Å². The van der Waals surface area contributed by atoms with E-state index in [0.29, 0.717) is 6.42 Å². The highest BCUT2D eigenvalue weighted by atomic mass is 16.3. The first-order chi connectivity index (χ1) is 12.0. The fraction of sp³-hybridized carbons (Fsp3) is 0.263. The highest BCUT2D eigenvalue weighted by molar-refractivity contribution is 5.96. The number of aromatic nitrogens is 1. The minimum absolute atomic E-state index is 0.0153. The van der Waals surface area contributed by atoms with E-state index < -0.39 is 11.9 Å². The molecule has 3 N–H and O–H groups in total. The molecule has 6 heteroatoms. The van der Waals surface area contributed by atoms with Crippen LogP contribution < -0.4 is 10.6 Å². The highest BCUT2D eigenvalue weighted by Crippen LogP contribution is 2.19. The number of carbonyl (C=O) groups is 2. The minimum Gasteiger partial charge on any atom is -0.459 e. The molecule has 0 aliphatic heterocycles. The number of amides is 2. The molecule has 0 spiro atoms. The quantitative estimate of drug-likeness (QED) is 0.645. The van der Waals surface area contributed by atoms with E-state index in [1.54, 1.807) is 12.1 Å². The Bertz CT molecular complexity index is 865. The van der Waals surface area contributed by atoms with E-state index in [1.807, 2.05) is 44.3 Å². The first-order valence-electron chi connectivity index (χ1n) is 8.24. The summed E-state index contributed by atoms with van der Waals surface area (Å²) in [7, 11) is 0. The summed E-state index contributed by atoms with van der Waals surface area (Å²) in [5, 5.41) is 6.67. The van der Waals surface area contributed by atoms with Gasteiger partial charge < -0.3 is 20.0 Å². The molecular weight excluding hydrogens is 318 g/mol. The number of nitrogens with one attached hydrogen (secondary N) is 3. The summed E-state index contributed by atoms with van der Waals surface area (Å²) in [6.45, 7) is 3.77. The number of benzene rings is 1. The average Bonchev–Trinajstić information content (AvgIpc) is 3.23. The van der Waals surface area contributed by atoms with Crippen LogP contribution in [0.1, 0.15) is 30.0 Å². The summed E-state index contributed by atoms with van der Waals surface area (Å²) in [6.07, 6.45) is 3.69. The molecule has 2 heterocycles. The average molecular weight is 339 g/mol. The van der Waals surface area contributed by atoms with Crippen LogP contribution in [-0.4, -0.2) is 28.9 Å². The summed E-state index contributed by atoms with van der Waals surface area (Å²) in [5.74, 6) is -0.449. The Labute approximate surface area is 145 Å². The lowest BCUT2D eigenvalue weighted by molar-refractivity contribution is -0.123. The predicted molar refractivity (Wildman–Crippen MR) is 95.2 cm³/mol. The molecule has 0 fully saturated rings. The van der Waals surface area contributed by atoms with Crippen molar-refractivity contribution in [3.8, 4) is 0 Å². The molecule has 130 valence electrons. The van der Waals surface area contributed by atoms with Gasteiger partial charge in [-0.25, -0.2) is 0 Å². The van der Waals surface area contributed by atoms with Gasteiger partial charge in [0, 0.05) is 29.6 Å². The van der Waals surface area contributed by atoms with Crippen LogP contribution in [0.3, 0.4) is 0 Å². The Hall–Kier alpha value is -3.02. The monoisotopic (exact) mass is 339 g/mol. The van der Waals surface area contributed by atoms with Crippen LogP contribution in [0.15, 0.2) is 53.3 Å². The first kappa shape index (κ1) is 16.8. The highest BCUT2D eigenvalue weighted by Gasteiger charge is 2.24. The second kappa shape index (κ2) is 7.25. The number of para-hydroxylation sites is 1. The fourth-order valence-corrected chi connectivity index (χ4v) is 2.75. The summed E-state index contributed by atoms with van der Waals surface area (Å²) in [5.41, 5.74) is 1.97. The number of rotatable bonds is 6. The molecule has 0 aliphatic carbocycles. The number of carbonyl (C=O) groups excluding carboxylic acids is 2. The Morgan fingerprint density at radius 1 is 1.12 bits per heavy atom. The van der Waals surface area contributed by atoms with Crippen molar-refractivity contribution in [1.82, 2.24) is 15.6 Å². The van der Waals surface area contributed by atoms with E-state index >= 15 is 0 Å². The summed E-state index contributed by atoms with van der Waals surface area (Å²) in [6, 6.07) is 10.4. The van der Waals surface area contributed by atoms with Crippen LogP contribution in [0.4, 0.5) is 0 Å². The largest absolute Gasteiger partial charge is 0.459 e. The number of aromatic amines is 1. The Kier molecular flexibility index (Phi) is 4.88. The lowest BCUT2D eigenvalue weighted by atomic mass is 10.0. The lowest BCUT2D eigenvalue weighted by Crippen LogP contribution is -2.49. The molecule has 0 saturated heterocycles. The van der Waals surface area contributed by atoms with Crippen molar-refractivity contribution in [2.75, 3.05) is 0 Å². The van der Waals surface area contributed by atoms with Crippen molar-refractivity contribution < 1.29 is 14.0 Å². The number of H-pyrrole nitrogens is 1. The lowest BCUT2D eigenvalue weighted by Gasteiger charge is -2.19. The van der Waals surface area contributed by atoms with E-state index in [2.05, 4.69) is 15.6 Å². The summed E-state index contributed by atoms with van der Waals surface area (Å²) >= 11 is 0. The van der Waals surface area contributed by atoms with Gasteiger partial charge in [-0.05, 0) is 37.6 Å². The van der Waals surface area contributed by atoms with Gasteiger partial charge in [0.1, 0.15) is 6.04 Å². The molecule has 0 unspecified atom stereocenters. The number of hydrogen-bond donors (Lipinski definition) is 3. The molecule has 6 nitrogen and oxygen atoms in total. The number of furan rings is 1. The number of hydrogen-bond acceptors (Lipinski definition) is 3. The van der Waals surface area contributed by atoms with Crippen LogP contribution in [-0.2, 0) is 11.2 Å². The Morgan fingerprint density at radius 3 is 2.64 bits per heavy atom. The van der Waals surface area contributed by atoms with Crippen molar-refractivity contribution in [2.24, 2.45) is 0 Å². The van der Waals surface area contributed by atoms with Crippen LogP contribution in [0.25, 0.3) is 10.9 Å². The molecule has 0 saturated carbocycles. The topological polar surface area (TPSA) is 87.1 Å². The Balaban J connectivity index is 1.83. The molecule has 1 aromatic carbocycles. The van der Waals surface area contributed by atoms with Crippen LogP contribution in [0.2, 0.25) is 0 Å². The van der Waals surface area contributed by atoms with E-state index in [1.165, 1.54) is 6.26 Å². The van der Waals surface area contributed by atoms with E-state index in [0.717, 1.165) is 16.5 Å². The van der Waals surface area contributed by atoms with Crippen molar-refractivity contribution in [1.29, 1.82) is 0 Å². The second-order valence-corrected chi connectivity index (χ2v) is 6.23. The normalized spacial score (nSPS) is 12.3. The van der Waals surface area contributed by atoms with Gasteiger partial charge in [0.05, 0.1) is 6.26 Å². The van der Waals surface area contributed by atoms with E-state index in [4.69, 9.17) is 4.42 Å². The summed E-state index contributed by atoms with van der Waals surface area (Å²) in [4.78, 5) is 28.1. The third-order valence-corrected chi connectivity index (χ3v) is 3.90. The Morgan fingerprint density at radius 2 is 1.92 bits per heavy atom. The van der Waals surface area contributed by atoms with Gasteiger partial charge >= 0.3 is 0 Å². The van der Waals surface area contributed by atoms with Gasteiger partial charge in [-0.3, -0.25) is 9.59 Å². The zero-order chi connectivity index (χ0) is 17.8. The third-order valence-electron chi connectivity index (χ3n) is 3.90. The predicted octanol–water partition coefficient (Wildman–Crippen LogP) is 2.63. The number of fused-ring (bicyclic) bond motifs is 1. The zero-order valence-electron chi connectivity index (χ0n) is 14.2. The maximum Gasteiger partial charge on any atom is 0.287 e. The molecule has 0 radical (unpaired) electrons. The molecule has 25 heavy (non-hydrogen) atoms. The molecular formula is C19H21N3O3. The van der Waals surface area contributed by atoms with Gasteiger partial charge in [0.15, 0.2) is 5.76 Å². The second-order valence-electron chi connectivity index (χ2n) is 6.23. The maximum atomic E-state index is 12.6. The van der Waals surface area contributed by atoms with E-state index in [9.17, 15) is 9.59 Å². The van der Waals surface area contributed by atoms with Crippen molar-refractivity contribution >= 4 is 22.7 Å². The van der Waals surface area contributed by atoms with Crippen molar-refractivity contribution in [3.63, 3.8) is 0 Å². The van der Waals surface area contributed by atoms with Crippen LogP contribution in [0.5, 0.6) is 0 Å². The fourth-order valence-electron chi connectivity index (χ4n) is 2.75. The van der Waals surface area contributed by atoms with Gasteiger partial charge in [-0.1, -0.05) is 18.2 Å². The van der Waals surface area contributed by atoms with Crippen molar-refractivity contribution in [3.05, 3.63) is 60.2 Å². The minimum atomic E-state index is -0.695. The summed E-state index contributed by atoms with van der Waals surface area (Å²) < 4.78 is 5.11. The van der Waals surface area contributed by atoms with Crippen LogP contribution in [0, 0.1) is 0 Å².